The summed E-state index contributed by atoms with van der Waals surface area (Å²) in [7, 11) is 2.00. The lowest BCUT2D eigenvalue weighted by atomic mass is 10.2. The van der Waals surface area contributed by atoms with E-state index in [0.29, 0.717) is 6.54 Å². The van der Waals surface area contributed by atoms with Gasteiger partial charge in [0.25, 0.3) is 0 Å². The predicted molar refractivity (Wildman–Crippen MR) is 64.7 cm³/mol. The van der Waals surface area contributed by atoms with Crippen LogP contribution >= 0.6 is 0 Å². The molecule has 0 aliphatic carbocycles. The highest BCUT2D eigenvalue weighted by Gasteiger charge is 1.99. The van der Waals surface area contributed by atoms with Crippen LogP contribution in [0.3, 0.4) is 0 Å². The lowest BCUT2D eigenvalue weighted by Crippen LogP contribution is -2.27. The molecule has 0 heterocycles. The SMILES string of the molecule is CC(O)CN(C)C/C=C/c1ccccc1. The van der Waals surface area contributed by atoms with E-state index >= 15 is 0 Å². The molecule has 82 valence electrons. The number of hydrogen-bond acceptors (Lipinski definition) is 2. The van der Waals surface area contributed by atoms with Crippen molar-refractivity contribution in [3.05, 3.63) is 42.0 Å². The number of hydrogen-bond donors (Lipinski definition) is 1. The fraction of sp³-hybridized carbons (Fsp3) is 0.385. The van der Waals surface area contributed by atoms with Crippen molar-refractivity contribution in [2.24, 2.45) is 0 Å². The van der Waals surface area contributed by atoms with Crippen LogP contribution in [0.2, 0.25) is 0 Å². The van der Waals surface area contributed by atoms with E-state index in [9.17, 15) is 5.11 Å². The lowest BCUT2D eigenvalue weighted by molar-refractivity contribution is 0.147. The molecule has 0 aliphatic rings. The van der Waals surface area contributed by atoms with Crippen LogP contribution in [-0.4, -0.2) is 36.2 Å². The second-order valence-corrected chi connectivity index (χ2v) is 3.88. The summed E-state index contributed by atoms with van der Waals surface area (Å²) in [6.07, 6.45) is 3.94. The summed E-state index contributed by atoms with van der Waals surface area (Å²) >= 11 is 0. The van der Waals surface area contributed by atoms with E-state index in [-0.39, 0.29) is 6.10 Å². The highest BCUT2D eigenvalue weighted by Crippen LogP contribution is 2.01. The maximum atomic E-state index is 9.17. The third-order valence-corrected chi connectivity index (χ3v) is 2.10. The van der Waals surface area contributed by atoms with Crippen LogP contribution in [0.1, 0.15) is 12.5 Å². The van der Waals surface area contributed by atoms with Crippen LogP contribution < -0.4 is 0 Å². The smallest absolute Gasteiger partial charge is 0.0639 e. The molecule has 2 heteroatoms. The van der Waals surface area contributed by atoms with E-state index in [0.717, 1.165) is 6.54 Å². The van der Waals surface area contributed by atoms with Crippen molar-refractivity contribution in [3.8, 4) is 0 Å². The van der Waals surface area contributed by atoms with E-state index in [2.05, 4.69) is 29.2 Å². The topological polar surface area (TPSA) is 23.5 Å². The minimum Gasteiger partial charge on any atom is -0.392 e. The Hall–Kier alpha value is -1.12. The van der Waals surface area contributed by atoms with E-state index in [1.807, 2.05) is 25.2 Å². The average molecular weight is 205 g/mol. The lowest BCUT2D eigenvalue weighted by Gasteiger charge is -2.15. The number of likely N-dealkylation sites (N-methyl/N-ethyl adjacent to an activating group) is 1. The molecule has 1 N–H and O–H groups in total. The molecule has 0 bridgehead atoms. The van der Waals surface area contributed by atoms with Gasteiger partial charge in [-0.25, -0.2) is 0 Å². The van der Waals surface area contributed by atoms with Crippen molar-refractivity contribution in [2.75, 3.05) is 20.1 Å². The molecular weight excluding hydrogens is 186 g/mol. The molecule has 1 aromatic carbocycles. The van der Waals surface area contributed by atoms with Crippen molar-refractivity contribution >= 4 is 6.08 Å². The Morgan fingerprint density at radius 2 is 2.00 bits per heavy atom. The van der Waals surface area contributed by atoms with E-state index < -0.39 is 0 Å². The van der Waals surface area contributed by atoms with Gasteiger partial charge < -0.3 is 10.0 Å². The molecule has 15 heavy (non-hydrogen) atoms. The first kappa shape index (κ1) is 12.0. The van der Waals surface area contributed by atoms with Gasteiger partial charge in [0.15, 0.2) is 0 Å². The Balaban J connectivity index is 2.34. The van der Waals surface area contributed by atoms with Gasteiger partial charge in [-0.1, -0.05) is 42.5 Å². The zero-order valence-corrected chi connectivity index (χ0v) is 9.43. The molecule has 2 nitrogen and oxygen atoms in total. The van der Waals surface area contributed by atoms with Gasteiger partial charge in [-0.3, -0.25) is 0 Å². The zero-order valence-electron chi connectivity index (χ0n) is 9.43. The molecule has 1 unspecified atom stereocenters. The van der Waals surface area contributed by atoms with Gasteiger partial charge in [-0.05, 0) is 19.5 Å². The minimum atomic E-state index is -0.264. The van der Waals surface area contributed by atoms with Gasteiger partial charge in [0.05, 0.1) is 6.10 Å². The third kappa shape index (κ3) is 5.35. The Labute approximate surface area is 91.9 Å². The standard InChI is InChI=1S/C13H19NO/c1-12(15)11-14(2)10-6-9-13-7-4-3-5-8-13/h3-9,12,15H,10-11H2,1-2H3/b9-6+. The number of benzene rings is 1. The summed E-state index contributed by atoms with van der Waals surface area (Å²) in [5, 5.41) is 9.17. The van der Waals surface area contributed by atoms with Crippen molar-refractivity contribution in [1.29, 1.82) is 0 Å². The molecule has 0 saturated carbocycles. The molecule has 0 spiro atoms. The summed E-state index contributed by atoms with van der Waals surface area (Å²) in [5.41, 5.74) is 1.21. The van der Waals surface area contributed by atoms with Crippen LogP contribution in [0.15, 0.2) is 36.4 Å². The second-order valence-electron chi connectivity index (χ2n) is 3.88. The number of rotatable bonds is 5. The fourth-order valence-corrected chi connectivity index (χ4v) is 1.46. The molecule has 1 aromatic rings. The predicted octanol–water partition coefficient (Wildman–Crippen LogP) is 2.01. The van der Waals surface area contributed by atoms with Gasteiger partial charge in [-0.2, -0.15) is 0 Å². The Morgan fingerprint density at radius 3 is 2.60 bits per heavy atom. The molecular formula is C13H19NO. The molecule has 1 rings (SSSR count). The van der Waals surface area contributed by atoms with Crippen molar-refractivity contribution in [3.63, 3.8) is 0 Å². The maximum absolute atomic E-state index is 9.17. The first-order chi connectivity index (χ1) is 7.18. The summed E-state index contributed by atoms with van der Waals surface area (Å²) in [6.45, 7) is 3.37. The summed E-state index contributed by atoms with van der Waals surface area (Å²) in [4.78, 5) is 2.09. The molecule has 0 saturated heterocycles. The summed E-state index contributed by atoms with van der Waals surface area (Å²) < 4.78 is 0. The minimum absolute atomic E-state index is 0.264. The first-order valence-electron chi connectivity index (χ1n) is 5.26. The second kappa shape index (κ2) is 6.38. The summed E-state index contributed by atoms with van der Waals surface area (Å²) in [6, 6.07) is 10.2. The summed E-state index contributed by atoms with van der Waals surface area (Å²) in [5.74, 6) is 0. The fourth-order valence-electron chi connectivity index (χ4n) is 1.46. The zero-order chi connectivity index (χ0) is 11.1. The highest BCUT2D eigenvalue weighted by atomic mass is 16.3. The number of nitrogens with zero attached hydrogens (tertiary/aromatic N) is 1. The monoisotopic (exact) mass is 205 g/mol. The Kier molecular flexibility index (Phi) is 5.08. The highest BCUT2D eigenvalue weighted by molar-refractivity contribution is 5.48. The van der Waals surface area contributed by atoms with Crippen LogP contribution in [0, 0.1) is 0 Å². The number of aliphatic hydroxyl groups is 1. The van der Waals surface area contributed by atoms with Gasteiger partial charge >= 0.3 is 0 Å². The van der Waals surface area contributed by atoms with Crippen LogP contribution in [0.5, 0.6) is 0 Å². The number of aliphatic hydroxyl groups excluding tert-OH is 1. The van der Waals surface area contributed by atoms with Crippen molar-refractivity contribution in [2.45, 2.75) is 13.0 Å². The van der Waals surface area contributed by atoms with E-state index in [1.54, 1.807) is 6.92 Å². The molecule has 0 amide bonds. The quantitative estimate of drug-likeness (QED) is 0.795. The van der Waals surface area contributed by atoms with Gasteiger partial charge in [0.2, 0.25) is 0 Å². The van der Waals surface area contributed by atoms with Gasteiger partial charge in [0.1, 0.15) is 0 Å². The van der Waals surface area contributed by atoms with Crippen LogP contribution in [0.4, 0.5) is 0 Å². The van der Waals surface area contributed by atoms with E-state index in [1.165, 1.54) is 5.56 Å². The Bertz CT molecular complexity index is 293. The normalized spacial score (nSPS) is 13.6. The van der Waals surface area contributed by atoms with Gasteiger partial charge in [0, 0.05) is 13.1 Å². The van der Waals surface area contributed by atoms with Crippen molar-refractivity contribution in [1.82, 2.24) is 4.90 Å². The molecule has 0 radical (unpaired) electrons. The van der Waals surface area contributed by atoms with Crippen molar-refractivity contribution < 1.29 is 5.11 Å². The average Bonchev–Trinajstić information content (AvgIpc) is 2.18. The van der Waals surface area contributed by atoms with Gasteiger partial charge in [-0.15, -0.1) is 0 Å². The van der Waals surface area contributed by atoms with Crippen LogP contribution in [-0.2, 0) is 0 Å². The maximum Gasteiger partial charge on any atom is 0.0639 e. The molecule has 0 aliphatic heterocycles. The van der Waals surface area contributed by atoms with E-state index in [4.69, 9.17) is 0 Å². The third-order valence-electron chi connectivity index (χ3n) is 2.10. The first-order valence-corrected chi connectivity index (χ1v) is 5.26. The molecule has 1 atom stereocenters. The Morgan fingerprint density at radius 1 is 1.33 bits per heavy atom. The molecule has 0 aromatic heterocycles. The largest absolute Gasteiger partial charge is 0.392 e. The molecule has 0 fully saturated rings. The van der Waals surface area contributed by atoms with Crippen LogP contribution in [0.25, 0.3) is 6.08 Å².